The van der Waals surface area contributed by atoms with Crippen LogP contribution in [0.25, 0.3) is 0 Å². The number of nitrogens with one attached hydrogen (secondary N) is 1. The van der Waals surface area contributed by atoms with E-state index in [2.05, 4.69) is 15.3 Å². The molecule has 0 spiro atoms. The van der Waals surface area contributed by atoms with Gasteiger partial charge in [0.05, 0.1) is 5.56 Å². The van der Waals surface area contributed by atoms with E-state index in [0.29, 0.717) is 17.1 Å². The van der Waals surface area contributed by atoms with E-state index in [0.717, 1.165) is 16.9 Å². The molecule has 0 aliphatic heterocycles. The predicted octanol–water partition coefficient (Wildman–Crippen LogP) is 4.06. The first-order valence-electron chi connectivity index (χ1n) is 7.55. The van der Waals surface area contributed by atoms with Gasteiger partial charge in [-0.05, 0) is 50.2 Å². The zero-order valence-corrected chi connectivity index (χ0v) is 13.5. The van der Waals surface area contributed by atoms with Crippen LogP contribution in [0.15, 0.2) is 60.9 Å². The molecule has 0 amide bonds. The molecule has 0 aliphatic rings. The second kappa shape index (κ2) is 6.91. The van der Waals surface area contributed by atoms with E-state index in [1.54, 1.807) is 24.3 Å². The highest BCUT2D eigenvalue weighted by atomic mass is 16.5. The number of aromatic nitrogens is 2. The Labute approximate surface area is 140 Å². The zero-order valence-electron chi connectivity index (χ0n) is 13.5. The van der Waals surface area contributed by atoms with Gasteiger partial charge in [0.2, 0.25) is 0 Å². The number of hydrogen-bond acceptors (Lipinski definition) is 5. The fraction of sp³-hybridized carbons (Fsp3) is 0.105. The van der Waals surface area contributed by atoms with Crippen molar-refractivity contribution in [1.82, 2.24) is 9.97 Å². The molecule has 0 saturated carbocycles. The van der Waals surface area contributed by atoms with Crippen LogP contribution in [-0.4, -0.2) is 15.9 Å². The zero-order chi connectivity index (χ0) is 16.9. The monoisotopic (exact) mass is 319 g/mol. The molecule has 1 aromatic heterocycles. The summed E-state index contributed by atoms with van der Waals surface area (Å²) < 4.78 is 5.39. The van der Waals surface area contributed by atoms with Gasteiger partial charge in [-0.3, -0.25) is 0 Å². The van der Waals surface area contributed by atoms with Crippen LogP contribution in [0, 0.1) is 13.8 Å². The van der Waals surface area contributed by atoms with Crippen molar-refractivity contribution < 1.29 is 9.53 Å². The van der Waals surface area contributed by atoms with Crippen LogP contribution in [0.3, 0.4) is 0 Å². The predicted molar refractivity (Wildman–Crippen MR) is 92.6 cm³/mol. The van der Waals surface area contributed by atoms with Gasteiger partial charge in [-0.15, -0.1) is 0 Å². The van der Waals surface area contributed by atoms with Gasteiger partial charge < -0.3 is 10.1 Å². The van der Waals surface area contributed by atoms with E-state index >= 15 is 0 Å². The Hall–Kier alpha value is -3.21. The lowest BCUT2D eigenvalue weighted by atomic mass is 10.1. The lowest BCUT2D eigenvalue weighted by Gasteiger charge is -2.08. The van der Waals surface area contributed by atoms with E-state index in [9.17, 15) is 4.79 Å². The fourth-order valence-corrected chi connectivity index (χ4v) is 2.22. The molecule has 3 rings (SSSR count). The first-order valence-corrected chi connectivity index (χ1v) is 7.55. The SMILES string of the molecule is Cc1cccc(C(=O)Oc2ccc(Nc3cc(C)ncn3)cc2)c1. The third-order valence-electron chi connectivity index (χ3n) is 3.39. The molecule has 5 heteroatoms. The van der Waals surface area contributed by atoms with Gasteiger partial charge in [-0.1, -0.05) is 17.7 Å². The summed E-state index contributed by atoms with van der Waals surface area (Å²) in [5.41, 5.74) is 3.29. The molecular weight excluding hydrogens is 302 g/mol. The largest absolute Gasteiger partial charge is 0.423 e. The highest BCUT2D eigenvalue weighted by Gasteiger charge is 2.08. The molecule has 0 aliphatic carbocycles. The Kier molecular flexibility index (Phi) is 4.52. The molecular formula is C19H17N3O2. The van der Waals surface area contributed by atoms with E-state index in [1.165, 1.54) is 6.33 Å². The van der Waals surface area contributed by atoms with Crippen molar-refractivity contribution in [2.45, 2.75) is 13.8 Å². The molecule has 24 heavy (non-hydrogen) atoms. The van der Waals surface area contributed by atoms with Crippen molar-refractivity contribution in [1.29, 1.82) is 0 Å². The number of carbonyl (C=O) groups excluding carboxylic acids is 1. The van der Waals surface area contributed by atoms with Crippen molar-refractivity contribution >= 4 is 17.5 Å². The molecule has 1 heterocycles. The Bertz CT molecular complexity index is 860. The van der Waals surface area contributed by atoms with Crippen LogP contribution < -0.4 is 10.1 Å². The van der Waals surface area contributed by atoms with Gasteiger partial charge in [0.25, 0.3) is 0 Å². The maximum absolute atomic E-state index is 12.1. The Morgan fingerprint density at radius 3 is 2.50 bits per heavy atom. The molecule has 3 aromatic rings. The van der Waals surface area contributed by atoms with Crippen molar-refractivity contribution in [2.75, 3.05) is 5.32 Å². The van der Waals surface area contributed by atoms with Gasteiger partial charge in [0.15, 0.2) is 0 Å². The van der Waals surface area contributed by atoms with Gasteiger partial charge in [0.1, 0.15) is 17.9 Å². The summed E-state index contributed by atoms with van der Waals surface area (Å²) in [6.45, 7) is 3.84. The summed E-state index contributed by atoms with van der Waals surface area (Å²) >= 11 is 0. The number of ether oxygens (including phenoxy) is 1. The smallest absolute Gasteiger partial charge is 0.343 e. The maximum Gasteiger partial charge on any atom is 0.343 e. The maximum atomic E-state index is 12.1. The average Bonchev–Trinajstić information content (AvgIpc) is 2.57. The van der Waals surface area contributed by atoms with E-state index in [1.807, 2.05) is 44.2 Å². The van der Waals surface area contributed by atoms with Gasteiger partial charge >= 0.3 is 5.97 Å². The second-order valence-electron chi connectivity index (χ2n) is 5.45. The molecule has 1 N–H and O–H groups in total. The number of benzene rings is 2. The third kappa shape index (κ3) is 3.95. The average molecular weight is 319 g/mol. The molecule has 0 fully saturated rings. The van der Waals surface area contributed by atoms with Crippen LogP contribution in [0.1, 0.15) is 21.6 Å². The number of hydrogen-bond donors (Lipinski definition) is 1. The molecule has 0 atom stereocenters. The number of carbonyl (C=O) groups is 1. The van der Waals surface area contributed by atoms with Gasteiger partial charge in [-0.2, -0.15) is 0 Å². The van der Waals surface area contributed by atoms with Crippen molar-refractivity contribution in [3.63, 3.8) is 0 Å². The Morgan fingerprint density at radius 2 is 1.79 bits per heavy atom. The van der Waals surface area contributed by atoms with E-state index in [4.69, 9.17) is 4.74 Å². The van der Waals surface area contributed by atoms with Gasteiger partial charge in [-0.25, -0.2) is 14.8 Å². The minimum Gasteiger partial charge on any atom is -0.423 e. The van der Waals surface area contributed by atoms with Crippen LogP contribution in [-0.2, 0) is 0 Å². The molecule has 2 aromatic carbocycles. The van der Waals surface area contributed by atoms with E-state index < -0.39 is 0 Å². The second-order valence-corrected chi connectivity index (χ2v) is 5.45. The van der Waals surface area contributed by atoms with Crippen molar-refractivity contribution in [3.8, 4) is 5.75 Å². The summed E-state index contributed by atoms with van der Waals surface area (Å²) in [5.74, 6) is 0.837. The standard InChI is InChI=1S/C19H17N3O2/c1-13-4-3-5-15(10-13)19(23)24-17-8-6-16(7-9-17)22-18-11-14(2)20-12-21-18/h3-12H,1-2H3,(H,20,21,22). The number of aryl methyl sites for hydroxylation is 2. The number of anilines is 2. The van der Waals surface area contributed by atoms with Crippen LogP contribution in [0.2, 0.25) is 0 Å². The molecule has 5 nitrogen and oxygen atoms in total. The first-order chi connectivity index (χ1) is 11.6. The summed E-state index contributed by atoms with van der Waals surface area (Å²) in [7, 11) is 0. The summed E-state index contributed by atoms with van der Waals surface area (Å²) in [5, 5.41) is 3.17. The normalized spacial score (nSPS) is 10.2. The molecule has 120 valence electrons. The van der Waals surface area contributed by atoms with E-state index in [-0.39, 0.29) is 5.97 Å². The molecule has 0 radical (unpaired) electrons. The highest BCUT2D eigenvalue weighted by molar-refractivity contribution is 5.91. The highest BCUT2D eigenvalue weighted by Crippen LogP contribution is 2.20. The number of nitrogens with zero attached hydrogens (tertiary/aromatic N) is 2. The van der Waals surface area contributed by atoms with Crippen LogP contribution >= 0.6 is 0 Å². The number of esters is 1. The lowest BCUT2D eigenvalue weighted by Crippen LogP contribution is -2.08. The minimum absolute atomic E-state index is 0.370. The van der Waals surface area contributed by atoms with Gasteiger partial charge in [0, 0.05) is 17.4 Å². The molecule has 0 bridgehead atoms. The first kappa shape index (κ1) is 15.7. The summed E-state index contributed by atoms with van der Waals surface area (Å²) in [6.07, 6.45) is 1.51. The van der Waals surface area contributed by atoms with Crippen molar-refractivity contribution in [2.24, 2.45) is 0 Å². The summed E-state index contributed by atoms with van der Waals surface area (Å²) in [4.78, 5) is 20.3. The Balaban J connectivity index is 1.67. The topological polar surface area (TPSA) is 64.1 Å². The van der Waals surface area contributed by atoms with Crippen molar-refractivity contribution in [3.05, 3.63) is 77.7 Å². The molecule has 0 saturated heterocycles. The lowest BCUT2D eigenvalue weighted by molar-refractivity contribution is 0.0734. The van der Waals surface area contributed by atoms with Crippen LogP contribution in [0.5, 0.6) is 5.75 Å². The molecule has 0 unspecified atom stereocenters. The third-order valence-corrected chi connectivity index (χ3v) is 3.39. The quantitative estimate of drug-likeness (QED) is 0.580. The Morgan fingerprint density at radius 1 is 1.00 bits per heavy atom. The summed E-state index contributed by atoms with van der Waals surface area (Å²) in [6, 6.07) is 16.3. The fourth-order valence-electron chi connectivity index (χ4n) is 2.22. The van der Waals surface area contributed by atoms with Crippen LogP contribution in [0.4, 0.5) is 11.5 Å². The number of rotatable bonds is 4. The minimum atomic E-state index is -0.370.